The number of ether oxygens (including phenoxy) is 1. The first-order valence-corrected chi connectivity index (χ1v) is 9.78. The zero-order valence-corrected chi connectivity index (χ0v) is 14.9. The van der Waals surface area contributed by atoms with Crippen LogP contribution in [0.1, 0.15) is 29.7 Å². The first kappa shape index (κ1) is 17.1. The molecule has 0 aromatic heterocycles. The van der Waals surface area contributed by atoms with Gasteiger partial charge in [0.2, 0.25) is 10.0 Å². The van der Waals surface area contributed by atoms with Gasteiger partial charge >= 0.3 is 0 Å². The van der Waals surface area contributed by atoms with Crippen LogP contribution in [0.2, 0.25) is 0 Å². The van der Waals surface area contributed by atoms with Gasteiger partial charge in [0.05, 0.1) is 18.5 Å². The number of hydrogen-bond acceptors (Lipinski definition) is 3. The molecule has 1 saturated heterocycles. The molecule has 0 radical (unpaired) electrons. The third-order valence-corrected chi connectivity index (χ3v) is 6.26. The van der Waals surface area contributed by atoms with Gasteiger partial charge < -0.3 is 4.74 Å². The molecule has 5 heteroatoms. The number of rotatable bonds is 4. The van der Waals surface area contributed by atoms with Crippen LogP contribution < -0.4 is 0 Å². The Bertz CT molecular complexity index is 789. The zero-order chi connectivity index (χ0) is 17.2. The summed E-state index contributed by atoms with van der Waals surface area (Å²) >= 11 is 0. The molecular weight excluding hydrogens is 322 g/mol. The molecule has 2 aromatic carbocycles. The summed E-state index contributed by atoms with van der Waals surface area (Å²) in [5.41, 5.74) is 2.91. The van der Waals surface area contributed by atoms with Gasteiger partial charge in [-0.1, -0.05) is 60.2 Å². The second kappa shape index (κ2) is 7.05. The van der Waals surface area contributed by atoms with Gasteiger partial charge in [-0.05, 0) is 25.0 Å². The van der Waals surface area contributed by atoms with Crippen molar-refractivity contribution in [1.82, 2.24) is 4.31 Å². The minimum Gasteiger partial charge on any atom is -0.370 e. The van der Waals surface area contributed by atoms with Crippen LogP contribution in [0.25, 0.3) is 0 Å². The Morgan fingerprint density at radius 1 is 1.12 bits per heavy atom. The maximum Gasteiger partial charge on any atom is 0.218 e. The molecule has 0 spiro atoms. The molecule has 4 nitrogen and oxygen atoms in total. The van der Waals surface area contributed by atoms with E-state index in [-0.39, 0.29) is 17.9 Å². The van der Waals surface area contributed by atoms with Gasteiger partial charge in [0.1, 0.15) is 0 Å². The average Bonchev–Trinajstić information content (AvgIpc) is 2.55. The van der Waals surface area contributed by atoms with Gasteiger partial charge in [-0.2, -0.15) is 4.31 Å². The molecule has 2 unspecified atom stereocenters. The molecule has 128 valence electrons. The second-order valence-electron chi connectivity index (χ2n) is 6.40. The summed E-state index contributed by atoms with van der Waals surface area (Å²) in [7, 11) is -3.39. The van der Waals surface area contributed by atoms with E-state index in [9.17, 15) is 8.42 Å². The molecule has 1 heterocycles. The minimum absolute atomic E-state index is 0.0283. The van der Waals surface area contributed by atoms with E-state index in [0.29, 0.717) is 13.2 Å². The van der Waals surface area contributed by atoms with Crippen molar-refractivity contribution in [2.75, 3.05) is 13.2 Å². The Labute approximate surface area is 144 Å². The van der Waals surface area contributed by atoms with Crippen molar-refractivity contribution in [3.8, 4) is 0 Å². The average molecular weight is 345 g/mol. The third-order valence-electron chi connectivity index (χ3n) is 4.34. The molecule has 0 bridgehead atoms. The lowest BCUT2D eigenvalue weighted by Gasteiger charge is -2.37. The molecular formula is C19H23NO3S. The van der Waals surface area contributed by atoms with E-state index in [2.05, 4.69) is 0 Å². The maximum atomic E-state index is 12.9. The van der Waals surface area contributed by atoms with E-state index in [1.54, 1.807) is 4.31 Å². The highest BCUT2D eigenvalue weighted by Gasteiger charge is 2.35. The fourth-order valence-electron chi connectivity index (χ4n) is 3.09. The summed E-state index contributed by atoms with van der Waals surface area (Å²) in [5, 5.41) is 0. The zero-order valence-electron chi connectivity index (χ0n) is 14.1. The van der Waals surface area contributed by atoms with E-state index in [4.69, 9.17) is 4.74 Å². The normalized spacial score (nSPS) is 22.4. The van der Waals surface area contributed by atoms with Crippen LogP contribution in [0, 0.1) is 6.92 Å². The minimum atomic E-state index is -3.39. The van der Waals surface area contributed by atoms with Crippen LogP contribution >= 0.6 is 0 Å². The lowest BCUT2D eigenvalue weighted by molar-refractivity contribution is -0.0289. The van der Waals surface area contributed by atoms with Crippen molar-refractivity contribution in [2.24, 2.45) is 0 Å². The van der Waals surface area contributed by atoms with E-state index >= 15 is 0 Å². The molecule has 0 N–H and O–H groups in total. The fourth-order valence-corrected chi connectivity index (χ4v) is 4.83. The summed E-state index contributed by atoms with van der Waals surface area (Å²) in [6.45, 7) is 4.64. The van der Waals surface area contributed by atoms with Crippen LogP contribution in [0.3, 0.4) is 0 Å². The molecule has 2 atom stereocenters. The van der Waals surface area contributed by atoms with Crippen molar-refractivity contribution in [1.29, 1.82) is 0 Å². The number of sulfonamides is 1. The molecule has 0 amide bonds. The highest BCUT2D eigenvalue weighted by molar-refractivity contribution is 7.88. The third kappa shape index (κ3) is 3.86. The Kier molecular flexibility index (Phi) is 5.04. The summed E-state index contributed by atoms with van der Waals surface area (Å²) in [6, 6.07) is 17.3. The summed E-state index contributed by atoms with van der Waals surface area (Å²) in [6.07, 6.45) is -0.213. The molecule has 3 rings (SSSR count). The van der Waals surface area contributed by atoms with Crippen LogP contribution in [-0.4, -0.2) is 31.9 Å². The SMILES string of the molecule is Cc1cccc(CS(=O)(=O)N2CC(c3ccccc3)OCC2C)c1. The van der Waals surface area contributed by atoms with E-state index in [0.717, 1.165) is 16.7 Å². The first-order valence-electron chi connectivity index (χ1n) is 8.17. The van der Waals surface area contributed by atoms with Crippen molar-refractivity contribution in [3.05, 3.63) is 71.3 Å². The largest absolute Gasteiger partial charge is 0.370 e. The van der Waals surface area contributed by atoms with Crippen LogP contribution in [0.15, 0.2) is 54.6 Å². The highest BCUT2D eigenvalue weighted by Crippen LogP contribution is 2.28. The van der Waals surface area contributed by atoms with Gasteiger partial charge in [-0.15, -0.1) is 0 Å². The lowest BCUT2D eigenvalue weighted by atomic mass is 10.1. The number of morpholine rings is 1. The number of aryl methyl sites for hydroxylation is 1. The van der Waals surface area contributed by atoms with Crippen molar-refractivity contribution >= 4 is 10.0 Å². The summed E-state index contributed by atoms with van der Waals surface area (Å²) < 4.78 is 33.3. The summed E-state index contributed by atoms with van der Waals surface area (Å²) in [5.74, 6) is 0.0283. The number of benzene rings is 2. The highest BCUT2D eigenvalue weighted by atomic mass is 32.2. The van der Waals surface area contributed by atoms with Gasteiger partial charge in [0.15, 0.2) is 0 Å². The number of hydrogen-bond donors (Lipinski definition) is 0. The smallest absolute Gasteiger partial charge is 0.218 e. The molecule has 0 saturated carbocycles. The van der Waals surface area contributed by atoms with Gasteiger partial charge in [0.25, 0.3) is 0 Å². The molecule has 24 heavy (non-hydrogen) atoms. The topological polar surface area (TPSA) is 46.6 Å². The van der Waals surface area contributed by atoms with E-state index in [1.165, 1.54) is 0 Å². The standard InChI is InChI=1S/C19H23NO3S/c1-15-7-6-8-17(11-15)14-24(21,22)20-12-19(23-13-16(20)2)18-9-4-3-5-10-18/h3-11,16,19H,12-14H2,1-2H3. The number of nitrogens with zero attached hydrogens (tertiary/aromatic N) is 1. The van der Waals surface area contributed by atoms with Crippen LogP contribution in [0.4, 0.5) is 0 Å². The molecule has 1 aliphatic rings. The molecule has 2 aromatic rings. The molecule has 1 fully saturated rings. The second-order valence-corrected chi connectivity index (χ2v) is 8.32. The summed E-state index contributed by atoms with van der Waals surface area (Å²) in [4.78, 5) is 0. The predicted molar refractivity (Wildman–Crippen MR) is 95.1 cm³/mol. The molecule has 1 aliphatic heterocycles. The van der Waals surface area contributed by atoms with E-state index in [1.807, 2.05) is 68.4 Å². The Balaban J connectivity index is 1.80. The van der Waals surface area contributed by atoms with Crippen LogP contribution in [0.5, 0.6) is 0 Å². The van der Waals surface area contributed by atoms with Gasteiger partial charge in [0, 0.05) is 12.6 Å². The quantitative estimate of drug-likeness (QED) is 0.854. The van der Waals surface area contributed by atoms with Gasteiger partial charge in [-0.25, -0.2) is 8.42 Å². The van der Waals surface area contributed by atoms with Crippen molar-refractivity contribution < 1.29 is 13.2 Å². The first-order chi connectivity index (χ1) is 11.5. The monoisotopic (exact) mass is 345 g/mol. The maximum absolute atomic E-state index is 12.9. The Morgan fingerprint density at radius 3 is 2.58 bits per heavy atom. The van der Waals surface area contributed by atoms with Gasteiger partial charge in [-0.3, -0.25) is 0 Å². The Hall–Kier alpha value is -1.69. The van der Waals surface area contributed by atoms with Crippen molar-refractivity contribution in [2.45, 2.75) is 31.7 Å². The van der Waals surface area contributed by atoms with E-state index < -0.39 is 10.0 Å². The lowest BCUT2D eigenvalue weighted by Crippen LogP contribution is -2.48. The Morgan fingerprint density at radius 2 is 1.88 bits per heavy atom. The fraction of sp³-hybridized carbons (Fsp3) is 0.368. The molecule has 0 aliphatic carbocycles. The van der Waals surface area contributed by atoms with Crippen molar-refractivity contribution in [3.63, 3.8) is 0 Å². The predicted octanol–water partition coefficient (Wildman–Crippen LogP) is 3.29. The van der Waals surface area contributed by atoms with Crippen LogP contribution in [-0.2, 0) is 20.5 Å².